The molecule has 5 rings (SSSR count). The zero-order valence-electron chi connectivity index (χ0n) is 22.0. The molecule has 3 nitrogen and oxygen atoms in total. The van der Waals surface area contributed by atoms with E-state index in [9.17, 15) is 4.79 Å². The van der Waals surface area contributed by atoms with Crippen molar-refractivity contribution in [2.45, 2.75) is 39.5 Å². The molecule has 0 N–H and O–H groups in total. The van der Waals surface area contributed by atoms with Gasteiger partial charge in [0.1, 0.15) is 0 Å². The van der Waals surface area contributed by atoms with E-state index in [-0.39, 0.29) is 11.8 Å². The highest BCUT2D eigenvalue weighted by molar-refractivity contribution is 6.01. The van der Waals surface area contributed by atoms with Gasteiger partial charge < -0.3 is 4.90 Å². The molecule has 0 bridgehead atoms. The minimum atomic E-state index is 0.0163. The molecule has 0 saturated heterocycles. The first-order valence-corrected chi connectivity index (χ1v) is 13.6. The summed E-state index contributed by atoms with van der Waals surface area (Å²) in [6.45, 7) is 4.91. The summed E-state index contributed by atoms with van der Waals surface area (Å²) in [6.07, 6.45) is 4.08. The largest absolute Gasteiger partial charge is 0.341 e. The van der Waals surface area contributed by atoms with E-state index < -0.39 is 0 Å². The lowest BCUT2D eigenvalue weighted by Gasteiger charge is -2.36. The Morgan fingerprint density at radius 1 is 0.622 bits per heavy atom. The predicted octanol–water partition coefficient (Wildman–Crippen LogP) is 9.02. The number of amides is 1. The van der Waals surface area contributed by atoms with Crippen molar-refractivity contribution < 1.29 is 4.79 Å². The van der Waals surface area contributed by atoms with Crippen molar-refractivity contribution in [2.75, 3.05) is 16.3 Å². The Labute approximate surface area is 222 Å². The summed E-state index contributed by atoms with van der Waals surface area (Å²) in [4.78, 5) is 18.3. The van der Waals surface area contributed by atoms with E-state index >= 15 is 0 Å². The van der Waals surface area contributed by atoms with E-state index in [1.54, 1.807) is 0 Å². The molecular weight excluding hydrogens is 452 g/mol. The standard InChI is InChI=1S/C32H32N2O.C2H6/c35-32(34(30-20-9-3-10-21-30)31-22-11-4-12-23-31)27-15-13-14-26(24-27)25-33(28-16-5-1-6-17-28)29-18-7-2-8-19-29;1-2/h1-12,16-23,26-27H,13-15,24-25H2;1-2H3. The summed E-state index contributed by atoms with van der Waals surface area (Å²) >= 11 is 0. The van der Waals surface area contributed by atoms with Crippen molar-refractivity contribution in [3.05, 3.63) is 121 Å². The molecule has 0 spiro atoms. The van der Waals surface area contributed by atoms with E-state index in [2.05, 4.69) is 65.6 Å². The fourth-order valence-electron chi connectivity index (χ4n) is 5.26. The van der Waals surface area contributed by atoms with Gasteiger partial charge in [0.25, 0.3) is 0 Å². The van der Waals surface area contributed by atoms with Crippen molar-refractivity contribution in [1.82, 2.24) is 0 Å². The van der Waals surface area contributed by atoms with Crippen LogP contribution >= 0.6 is 0 Å². The summed E-state index contributed by atoms with van der Waals surface area (Å²) < 4.78 is 0. The number of hydrogen-bond acceptors (Lipinski definition) is 2. The molecule has 0 radical (unpaired) electrons. The predicted molar refractivity (Wildman–Crippen MR) is 157 cm³/mol. The Morgan fingerprint density at radius 2 is 1.03 bits per heavy atom. The van der Waals surface area contributed by atoms with Crippen LogP contribution in [-0.2, 0) is 4.79 Å². The van der Waals surface area contributed by atoms with Gasteiger partial charge in [0.05, 0.1) is 0 Å². The third-order valence-electron chi connectivity index (χ3n) is 6.96. The van der Waals surface area contributed by atoms with Gasteiger partial charge >= 0.3 is 0 Å². The summed E-state index contributed by atoms with van der Waals surface area (Å²) in [7, 11) is 0. The van der Waals surface area contributed by atoms with Gasteiger partial charge in [-0.05, 0) is 73.7 Å². The molecule has 190 valence electrons. The summed E-state index contributed by atoms with van der Waals surface area (Å²) in [5.41, 5.74) is 4.26. The van der Waals surface area contributed by atoms with Crippen LogP contribution in [-0.4, -0.2) is 12.5 Å². The number of carbonyl (C=O) groups excluding carboxylic acids is 1. The quantitative estimate of drug-likeness (QED) is 0.258. The Bertz CT molecular complexity index is 1120. The van der Waals surface area contributed by atoms with Crippen LogP contribution in [0.1, 0.15) is 39.5 Å². The lowest BCUT2D eigenvalue weighted by atomic mass is 9.80. The number of carbonyl (C=O) groups is 1. The van der Waals surface area contributed by atoms with Gasteiger partial charge in [-0.25, -0.2) is 0 Å². The highest BCUT2D eigenvalue weighted by Gasteiger charge is 2.32. The molecule has 0 aromatic heterocycles. The van der Waals surface area contributed by atoms with Crippen molar-refractivity contribution in [3.63, 3.8) is 0 Å². The Morgan fingerprint density at radius 3 is 1.46 bits per heavy atom. The second-order valence-electron chi connectivity index (χ2n) is 9.36. The zero-order chi connectivity index (χ0) is 25.9. The SMILES string of the molecule is CC.O=C(C1CCCC(CN(c2ccccc2)c2ccccc2)C1)N(c1ccccc1)c1ccccc1. The van der Waals surface area contributed by atoms with Crippen LogP contribution < -0.4 is 9.80 Å². The van der Waals surface area contributed by atoms with Crippen LogP contribution in [0.4, 0.5) is 22.7 Å². The van der Waals surface area contributed by atoms with Crippen LogP contribution in [0.25, 0.3) is 0 Å². The molecule has 2 atom stereocenters. The lowest BCUT2D eigenvalue weighted by molar-refractivity contribution is -0.123. The van der Waals surface area contributed by atoms with Gasteiger partial charge in [0.15, 0.2) is 0 Å². The molecule has 2 unspecified atom stereocenters. The highest BCUT2D eigenvalue weighted by Crippen LogP contribution is 2.37. The number of rotatable bonds is 7. The maximum absolute atomic E-state index is 14.0. The number of nitrogens with zero attached hydrogens (tertiary/aromatic N) is 2. The minimum Gasteiger partial charge on any atom is -0.341 e. The molecule has 1 saturated carbocycles. The number of hydrogen-bond donors (Lipinski definition) is 0. The van der Waals surface area contributed by atoms with E-state index in [4.69, 9.17) is 0 Å². The molecule has 0 aliphatic heterocycles. The van der Waals surface area contributed by atoms with Crippen molar-refractivity contribution in [2.24, 2.45) is 11.8 Å². The number of anilines is 4. The molecule has 1 aliphatic carbocycles. The maximum Gasteiger partial charge on any atom is 0.234 e. The minimum absolute atomic E-state index is 0.0163. The number of benzene rings is 4. The van der Waals surface area contributed by atoms with Crippen LogP contribution in [0.5, 0.6) is 0 Å². The normalized spacial score (nSPS) is 16.7. The zero-order valence-corrected chi connectivity index (χ0v) is 22.0. The van der Waals surface area contributed by atoms with Crippen molar-refractivity contribution in [3.8, 4) is 0 Å². The van der Waals surface area contributed by atoms with Gasteiger partial charge in [-0.1, -0.05) is 93.1 Å². The van der Waals surface area contributed by atoms with Crippen molar-refractivity contribution in [1.29, 1.82) is 0 Å². The smallest absolute Gasteiger partial charge is 0.234 e. The van der Waals surface area contributed by atoms with Gasteiger partial charge in [-0.15, -0.1) is 0 Å². The summed E-state index contributed by atoms with van der Waals surface area (Å²) in [6, 6.07) is 41.3. The molecule has 1 fully saturated rings. The van der Waals surface area contributed by atoms with Crippen LogP contribution in [0, 0.1) is 11.8 Å². The van der Waals surface area contributed by atoms with E-state index in [1.165, 1.54) is 11.4 Å². The molecule has 1 amide bonds. The monoisotopic (exact) mass is 490 g/mol. The topological polar surface area (TPSA) is 23.6 Å². The average molecular weight is 491 g/mol. The number of para-hydroxylation sites is 4. The first-order valence-electron chi connectivity index (χ1n) is 13.6. The summed E-state index contributed by atoms with van der Waals surface area (Å²) in [5.74, 6) is 0.673. The Kier molecular flexibility index (Phi) is 9.54. The average Bonchev–Trinajstić information content (AvgIpc) is 2.99. The van der Waals surface area contributed by atoms with Gasteiger partial charge in [-0.2, -0.15) is 0 Å². The van der Waals surface area contributed by atoms with Crippen molar-refractivity contribution >= 4 is 28.7 Å². The molecule has 3 heteroatoms. The molecular formula is C34H38N2O. The Hall–Kier alpha value is -3.85. The van der Waals surface area contributed by atoms with Gasteiger partial charge in [0, 0.05) is 35.2 Å². The maximum atomic E-state index is 14.0. The van der Waals surface area contributed by atoms with Crippen LogP contribution in [0.3, 0.4) is 0 Å². The fraction of sp³-hybridized carbons (Fsp3) is 0.265. The molecule has 4 aromatic rings. The molecule has 1 aliphatic rings. The van der Waals surface area contributed by atoms with E-state index in [1.807, 2.05) is 79.4 Å². The summed E-state index contributed by atoms with van der Waals surface area (Å²) in [5, 5.41) is 0. The van der Waals surface area contributed by atoms with Crippen LogP contribution in [0.15, 0.2) is 121 Å². The first-order chi connectivity index (χ1) is 18.3. The molecule has 37 heavy (non-hydrogen) atoms. The lowest BCUT2D eigenvalue weighted by Crippen LogP contribution is -2.37. The van der Waals surface area contributed by atoms with E-state index in [0.717, 1.165) is 43.6 Å². The van der Waals surface area contributed by atoms with Gasteiger partial charge in [0.2, 0.25) is 5.91 Å². The second-order valence-corrected chi connectivity index (χ2v) is 9.36. The first kappa shape index (κ1) is 26.2. The Balaban J connectivity index is 0.00000156. The highest BCUT2D eigenvalue weighted by atomic mass is 16.2. The van der Waals surface area contributed by atoms with E-state index in [0.29, 0.717) is 5.92 Å². The third kappa shape index (κ3) is 6.68. The molecule has 0 heterocycles. The fourth-order valence-corrected chi connectivity index (χ4v) is 5.26. The van der Waals surface area contributed by atoms with Gasteiger partial charge in [-0.3, -0.25) is 9.69 Å². The third-order valence-corrected chi connectivity index (χ3v) is 6.96. The second kappa shape index (κ2) is 13.5. The molecule has 4 aromatic carbocycles. The van der Waals surface area contributed by atoms with Crippen LogP contribution in [0.2, 0.25) is 0 Å².